The summed E-state index contributed by atoms with van der Waals surface area (Å²) in [6.45, 7) is 3.36. The van der Waals surface area contributed by atoms with E-state index in [1.807, 2.05) is 42.5 Å². The molecule has 0 aliphatic rings. The molecule has 2 rings (SSSR count). The first kappa shape index (κ1) is 19.0. The van der Waals surface area contributed by atoms with Crippen LogP contribution in [-0.4, -0.2) is 32.8 Å². The summed E-state index contributed by atoms with van der Waals surface area (Å²) >= 11 is 0. The molecule has 0 aliphatic heterocycles. The van der Waals surface area contributed by atoms with Crippen LogP contribution in [0.4, 0.5) is 5.69 Å². The number of benzene rings is 2. The van der Waals surface area contributed by atoms with Crippen molar-refractivity contribution in [2.45, 2.75) is 19.4 Å². The fourth-order valence-corrected chi connectivity index (χ4v) is 2.51. The first-order chi connectivity index (χ1) is 12.2. The van der Waals surface area contributed by atoms with Crippen LogP contribution >= 0.6 is 0 Å². The van der Waals surface area contributed by atoms with E-state index >= 15 is 0 Å². The lowest BCUT2D eigenvalue weighted by atomic mass is 10.0. The normalized spacial score (nSPS) is 11.8. The third-order valence-corrected chi connectivity index (χ3v) is 3.79. The van der Waals surface area contributed by atoms with Gasteiger partial charge in [-0.2, -0.15) is 0 Å². The minimum absolute atomic E-state index is 0.0802. The smallest absolute Gasteiger partial charge is 0.238 e. The predicted molar refractivity (Wildman–Crippen MR) is 99.9 cm³/mol. The topological polar surface area (TPSA) is 59.6 Å². The van der Waals surface area contributed by atoms with Crippen LogP contribution in [0.1, 0.15) is 24.9 Å². The number of amides is 1. The van der Waals surface area contributed by atoms with Crippen molar-refractivity contribution in [2.24, 2.45) is 0 Å². The highest BCUT2D eigenvalue weighted by atomic mass is 16.5. The molecule has 0 aromatic heterocycles. The molecule has 0 radical (unpaired) electrons. The van der Waals surface area contributed by atoms with E-state index < -0.39 is 0 Å². The van der Waals surface area contributed by atoms with E-state index in [4.69, 9.17) is 9.47 Å². The summed E-state index contributed by atoms with van der Waals surface area (Å²) in [6.07, 6.45) is 0.917. The number of carbonyl (C=O) groups is 1. The second-order valence-corrected chi connectivity index (χ2v) is 5.67. The Bertz CT molecular complexity index is 646. The summed E-state index contributed by atoms with van der Waals surface area (Å²) in [5.41, 5.74) is 1.90. The molecular weight excluding hydrogens is 316 g/mol. The zero-order valence-corrected chi connectivity index (χ0v) is 14.8. The van der Waals surface area contributed by atoms with Crippen LogP contribution in [0.5, 0.6) is 5.75 Å². The van der Waals surface area contributed by atoms with Gasteiger partial charge in [0.25, 0.3) is 0 Å². The lowest BCUT2D eigenvalue weighted by Crippen LogP contribution is -2.31. The van der Waals surface area contributed by atoms with Crippen molar-refractivity contribution in [2.75, 3.05) is 32.2 Å². The van der Waals surface area contributed by atoms with Crippen molar-refractivity contribution in [3.8, 4) is 5.75 Å². The van der Waals surface area contributed by atoms with Gasteiger partial charge in [-0.1, -0.05) is 43.3 Å². The molecule has 1 amide bonds. The zero-order chi connectivity index (χ0) is 17.9. The maximum atomic E-state index is 12.2. The second-order valence-electron chi connectivity index (χ2n) is 5.67. The van der Waals surface area contributed by atoms with E-state index in [1.165, 1.54) is 5.56 Å². The van der Waals surface area contributed by atoms with Crippen molar-refractivity contribution in [1.82, 2.24) is 5.32 Å². The van der Waals surface area contributed by atoms with E-state index in [1.54, 1.807) is 7.11 Å². The van der Waals surface area contributed by atoms with Gasteiger partial charge in [-0.25, -0.2) is 0 Å². The summed E-state index contributed by atoms with van der Waals surface area (Å²) in [5, 5.41) is 6.19. The van der Waals surface area contributed by atoms with Crippen molar-refractivity contribution >= 4 is 11.6 Å². The molecule has 0 heterocycles. The van der Waals surface area contributed by atoms with Crippen molar-refractivity contribution in [1.29, 1.82) is 0 Å². The summed E-state index contributed by atoms with van der Waals surface area (Å²) in [7, 11) is 1.63. The molecule has 2 N–H and O–H groups in total. The number of nitrogens with one attached hydrogen (secondary N) is 2. The van der Waals surface area contributed by atoms with Gasteiger partial charge in [-0.05, 0) is 24.1 Å². The molecule has 134 valence electrons. The Labute approximate surface area is 149 Å². The van der Waals surface area contributed by atoms with Crippen LogP contribution in [0.15, 0.2) is 54.6 Å². The molecule has 5 nitrogen and oxygen atoms in total. The van der Waals surface area contributed by atoms with Crippen LogP contribution in [0.2, 0.25) is 0 Å². The van der Waals surface area contributed by atoms with Gasteiger partial charge >= 0.3 is 0 Å². The highest BCUT2D eigenvalue weighted by Gasteiger charge is 2.10. The molecule has 1 atom stereocenters. The molecule has 0 saturated carbocycles. The van der Waals surface area contributed by atoms with Crippen LogP contribution in [0.3, 0.4) is 0 Å². The van der Waals surface area contributed by atoms with Crippen LogP contribution < -0.4 is 15.4 Å². The minimum Gasteiger partial charge on any atom is -0.491 e. The number of hydrogen-bond donors (Lipinski definition) is 2. The van der Waals surface area contributed by atoms with Crippen molar-refractivity contribution in [3.63, 3.8) is 0 Å². The average molecular weight is 342 g/mol. The highest BCUT2D eigenvalue weighted by molar-refractivity contribution is 5.92. The van der Waals surface area contributed by atoms with Gasteiger partial charge in [-0.3, -0.25) is 4.79 Å². The molecule has 1 unspecified atom stereocenters. The SMILES string of the molecule is CCC(NCC(=O)Nc1cccc(OCCOC)c1)c1ccccc1. The number of ether oxygens (including phenoxy) is 2. The summed E-state index contributed by atoms with van der Waals surface area (Å²) in [4.78, 5) is 12.2. The predicted octanol–water partition coefficient (Wildman–Crippen LogP) is 3.39. The van der Waals surface area contributed by atoms with Crippen LogP contribution in [0, 0.1) is 0 Å². The summed E-state index contributed by atoms with van der Waals surface area (Å²) < 4.78 is 10.5. The van der Waals surface area contributed by atoms with Crippen LogP contribution in [-0.2, 0) is 9.53 Å². The van der Waals surface area contributed by atoms with Gasteiger partial charge in [0.1, 0.15) is 12.4 Å². The Morgan fingerprint density at radius 1 is 1.08 bits per heavy atom. The lowest BCUT2D eigenvalue weighted by Gasteiger charge is -2.17. The molecule has 5 heteroatoms. The quantitative estimate of drug-likeness (QED) is 0.650. The Balaban J connectivity index is 1.84. The van der Waals surface area contributed by atoms with Gasteiger partial charge in [0.2, 0.25) is 5.91 Å². The average Bonchev–Trinajstić information content (AvgIpc) is 2.64. The number of hydrogen-bond acceptors (Lipinski definition) is 4. The summed E-state index contributed by atoms with van der Waals surface area (Å²) in [6, 6.07) is 17.7. The highest BCUT2D eigenvalue weighted by Crippen LogP contribution is 2.18. The maximum Gasteiger partial charge on any atom is 0.238 e. The Morgan fingerprint density at radius 2 is 1.88 bits per heavy atom. The third-order valence-electron chi connectivity index (χ3n) is 3.79. The van der Waals surface area contributed by atoms with Gasteiger partial charge in [-0.15, -0.1) is 0 Å². The maximum absolute atomic E-state index is 12.2. The number of carbonyl (C=O) groups excluding carboxylic acids is 1. The number of methoxy groups -OCH3 is 1. The van der Waals surface area contributed by atoms with E-state index in [0.717, 1.165) is 12.1 Å². The first-order valence-corrected chi connectivity index (χ1v) is 8.53. The second kappa shape index (κ2) is 10.5. The fourth-order valence-electron chi connectivity index (χ4n) is 2.51. The standard InChI is InChI=1S/C20H26N2O3/c1-3-19(16-8-5-4-6-9-16)21-15-20(23)22-17-10-7-11-18(14-17)25-13-12-24-2/h4-11,14,19,21H,3,12-13,15H2,1-2H3,(H,22,23). The molecule has 0 aliphatic carbocycles. The van der Waals surface area contributed by atoms with E-state index in [2.05, 4.69) is 29.7 Å². The molecule has 0 fully saturated rings. The van der Waals surface area contributed by atoms with Gasteiger partial charge in [0, 0.05) is 24.9 Å². The minimum atomic E-state index is -0.0802. The lowest BCUT2D eigenvalue weighted by molar-refractivity contribution is -0.115. The van der Waals surface area contributed by atoms with Crippen molar-refractivity contribution < 1.29 is 14.3 Å². The number of anilines is 1. The molecule has 25 heavy (non-hydrogen) atoms. The van der Waals surface area contributed by atoms with E-state index in [0.29, 0.717) is 19.0 Å². The Kier molecular flexibility index (Phi) is 7.95. The molecule has 0 bridgehead atoms. The fraction of sp³-hybridized carbons (Fsp3) is 0.350. The van der Waals surface area contributed by atoms with Gasteiger partial charge in [0.15, 0.2) is 0 Å². The van der Waals surface area contributed by atoms with Gasteiger partial charge in [0.05, 0.1) is 13.2 Å². The van der Waals surface area contributed by atoms with Crippen molar-refractivity contribution in [3.05, 3.63) is 60.2 Å². The third kappa shape index (κ3) is 6.57. The number of rotatable bonds is 10. The largest absolute Gasteiger partial charge is 0.491 e. The van der Waals surface area contributed by atoms with Gasteiger partial charge < -0.3 is 20.1 Å². The Morgan fingerprint density at radius 3 is 2.60 bits per heavy atom. The molecule has 2 aromatic rings. The van der Waals surface area contributed by atoms with E-state index in [-0.39, 0.29) is 18.5 Å². The first-order valence-electron chi connectivity index (χ1n) is 8.53. The molecular formula is C20H26N2O3. The Hall–Kier alpha value is -2.37. The molecule has 2 aromatic carbocycles. The van der Waals surface area contributed by atoms with E-state index in [9.17, 15) is 4.79 Å². The van der Waals surface area contributed by atoms with Crippen LogP contribution in [0.25, 0.3) is 0 Å². The molecule has 0 spiro atoms. The monoisotopic (exact) mass is 342 g/mol. The summed E-state index contributed by atoms with van der Waals surface area (Å²) in [5.74, 6) is 0.627. The molecule has 0 saturated heterocycles. The zero-order valence-electron chi connectivity index (χ0n) is 14.8.